The number of hydrogen-bond acceptors (Lipinski definition) is 4. The molecule has 0 aliphatic rings. The minimum absolute atomic E-state index is 0.498. The van der Waals surface area contributed by atoms with E-state index in [0.717, 1.165) is 10.2 Å². The van der Waals surface area contributed by atoms with E-state index in [1.54, 1.807) is 14.2 Å². The third-order valence-corrected chi connectivity index (χ3v) is 3.61. The van der Waals surface area contributed by atoms with E-state index in [1.807, 2.05) is 42.5 Å². The molecule has 0 radical (unpaired) electrons. The Labute approximate surface area is 133 Å². The van der Waals surface area contributed by atoms with Crippen LogP contribution in [0.15, 0.2) is 46.9 Å². The van der Waals surface area contributed by atoms with Crippen LogP contribution in [0.4, 0.5) is 5.69 Å². The second-order valence-corrected chi connectivity index (χ2v) is 5.10. The van der Waals surface area contributed by atoms with Crippen LogP contribution >= 0.6 is 15.9 Å². The molecule has 0 bridgehead atoms. The zero-order chi connectivity index (χ0) is 15.1. The summed E-state index contributed by atoms with van der Waals surface area (Å²) < 4.78 is 17.4. The smallest absolute Gasteiger partial charge is 0.203 e. The van der Waals surface area contributed by atoms with Gasteiger partial charge >= 0.3 is 0 Å². The zero-order valence-electron chi connectivity index (χ0n) is 12.1. The van der Waals surface area contributed by atoms with Gasteiger partial charge in [-0.3, -0.25) is 0 Å². The molecule has 1 N–H and O–H groups in total. The molecule has 0 saturated heterocycles. The number of nitrogens with one attached hydrogen (secondary N) is 1. The van der Waals surface area contributed by atoms with E-state index in [1.165, 1.54) is 0 Å². The maximum Gasteiger partial charge on any atom is 0.203 e. The van der Waals surface area contributed by atoms with Crippen LogP contribution in [0, 0.1) is 0 Å². The molecule has 4 nitrogen and oxygen atoms in total. The Hall–Kier alpha value is -1.88. The van der Waals surface area contributed by atoms with Crippen molar-refractivity contribution < 1.29 is 14.2 Å². The molecule has 0 aliphatic heterocycles. The SMILES string of the molecule is COc1cccc(OC)c1OCCNc1ccccc1Br. The fraction of sp³-hybridized carbons (Fsp3) is 0.250. The van der Waals surface area contributed by atoms with Crippen LogP contribution in [-0.4, -0.2) is 27.4 Å². The normalized spacial score (nSPS) is 10.0. The van der Waals surface area contributed by atoms with Gasteiger partial charge in [-0.2, -0.15) is 0 Å². The number of ether oxygens (including phenoxy) is 3. The van der Waals surface area contributed by atoms with Crippen LogP contribution in [0.25, 0.3) is 0 Å². The van der Waals surface area contributed by atoms with E-state index in [0.29, 0.717) is 30.4 Å². The number of anilines is 1. The summed E-state index contributed by atoms with van der Waals surface area (Å²) in [5.74, 6) is 1.95. The average molecular weight is 352 g/mol. The highest BCUT2D eigenvalue weighted by Gasteiger charge is 2.10. The molecule has 0 unspecified atom stereocenters. The fourth-order valence-electron chi connectivity index (χ4n) is 1.90. The van der Waals surface area contributed by atoms with Crippen LogP contribution in [0.1, 0.15) is 0 Å². The molecule has 0 fully saturated rings. The van der Waals surface area contributed by atoms with Crippen molar-refractivity contribution in [1.29, 1.82) is 0 Å². The summed E-state index contributed by atoms with van der Waals surface area (Å²) in [7, 11) is 3.22. The number of para-hydroxylation sites is 2. The van der Waals surface area contributed by atoms with Crippen molar-refractivity contribution in [1.82, 2.24) is 0 Å². The number of methoxy groups -OCH3 is 2. The van der Waals surface area contributed by atoms with E-state index in [9.17, 15) is 0 Å². The number of hydrogen-bond donors (Lipinski definition) is 1. The second kappa shape index (κ2) is 7.78. The first-order valence-corrected chi connectivity index (χ1v) is 7.37. The summed E-state index contributed by atoms with van der Waals surface area (Å²) in [6, 6.07) is 13.5. The highest BCUT2D eigenvalue weighted by molar-refractivity contribution is 9.10. The standard InChI is InChI=1S/C16H18BrNO3/c1-19-14-8-5-9-15(20-2)16(14)21-11-10-18-13-7-4-3-6-12(13)17/h3-9,18H,10-11H2,1-2H3. The van der Waals surface area contributed by atoms with Crippen molar-refractivity contribution in [2.45, 2.75) is 0 Å². The molecule has 5 heteroatoms. The van der Waals surface area contributed by atoms with Crippen LogP contribution in [0.3, 0.4) is 0 Å². The van der Waals surface area contributed by atoms with Crippen LogP contribution in [0.5, 0.6) is 17.2 Å². The Morgan fingerprint density at radius 2 is 1.62 bits per heavy atom. The lowest BCUT2D eigenvalue weighted by Gasteiger charge is -2.14. The Morgan fingerprint density at radius 3 is 2.24 bits per heavy atom. The molecule has 0 amide bonds. The van der Waals surface area contributed by atoms with Gasteiger partial charge in [-0.25, -0.2) is 0 Å². The maximum atomic E-state index is 5.78. The van der Waals surface area contributed by atoms with Gasteiger partial charge in [0.15, 0.2) is 11.5 Å². The number of rotatable bonds is 7. The molecular formula is C16H18BrNO3. The predicted molar refractivity (Wildman–Crippen MR) is 87.7 cm³/mol. The van der Waals surface area contributed by atoms with Crippen molar-refractivity contribution in [3.05, 3.63) is 46.9 Å². The molecule has 0 atom stereocenters. The first-order valence-electron chi connectivity index (χ1n) is 6.58. The fourth-order valence-corrected chi connectivity index (χ4v) is 2.33. The molecule has 2 rings (SSSR count). The Balaban J connectivity index is 1.93. The highest BCUT2D eigenvalue weighted by atomic mass is 79.9. The molecule has 0 heterocycles. The topological polar surface area (TPSA) is 39.7 Å². The summed E-state index contributed by atoms with van der Waals surface area (Å²) in [6.45, 7) is 1.17. The quantitative estimate of drug-likeness (QED) is 0.766. The maximum absolute atomic E-state index is 5.78. The summed E-state index contributed by atoms with van der Waals surface area (Å²) in [5, 5.41) is 3.30. The van der Waals surface area contributed by atoms with Gasteiger partial charge in [-0.05, 0) is 40.2 Å². The lowest BCUT2D eigenvalue weighted by atomic mass is 10.3. The predicted octanol–water partition coefficient (Wildman–Crippen LogP) is 3.96. The summed E-state index contributed by atoms with van der Waals surface area (Å²) >= 11 is 3.50. The van der Waals surface area contributed by atoms with Crippen LogP contribution in [-0.2, 0) is 0 Å². The van der Waals surface area contributed by atoms with Gasteiger partial charge in [0.25, 0.3) is 0 Å². The summed E-state index contributed by atoms with van der Waals surface area (Å²) in [6.07, 6.45) is 0. The van der Waals surface area contributed by atoms with Gasteiger partial charge in [-0.15, -0.1) is 0 Å². The Kier molecular flexibility index (Phi) is 5.75. The third kappa shape index (κ3) is 4.04. The largest absolute Gasteiger partial charge is 0.493 e. The summed E-state index contributed by atoms with van der Waals surface area (Å²) in [5.41, 5.74) is 1.04. The van der Waals surface area contributed by atoms with E-state index in [2.05, 4.69) is 21.2 Å². The van der Waals surface area contributed by atoms with Gasteiger partial charge < -0.3 is 19.5 Å². The van der Waals surface area contributed by atoms with E-state index >= 15 is 0 Å². The van der Waals surface area contributed by atoms with Crippen molar-refractivity contribution in [2.75, 3.05) is 32.7 Å². The zero-order valence-corrected chi connectivity index (χ0v) is 13.6. The highest BCUT2D eigenvalue weighted by Crippen LogP contribution is 2.36. The van der Waals surface area contributed by atoms with Crippen LogP contribution in [0.2, 0.25) is 0 Å². The molecule has 2 aromatic rings. The Morgan fingerprint density at radius 1 is 0.952 bits per heavy atom. The molecule has 0 saturated carbocycles. The Bertz CT molecular complexity index is 567. The van der Waals surface area contributed by atoms with Gasteiger partial charge in [0.05, 0.1) is 14.2 Å². The van der Waals surface area contributed by atoms with Gasteiger partial charge in [0.2, 0.25) is 5.75 Å². The first-order chi connectivity index (χ1) is 10.3. The molecule has 0 spiro atoms. The molecule has 21 heavy (non-hydrogen) atoms. The number of benzene rings is 2. The average Bonchev–Trinajstić information content (AvgIpc) is 2.52. The van der Waals surface area contributed by atoms with E-state index < -0.39 is 0 Å². The van der Waals surface area contributed by atoms with E-state index in [4.69, 9.17) is 14.2 Å². The van der Waals surface area contributed by atoms with Gasteiger partial charge in [0, 0.05) is 16.7 Å². The first kappa shape index (κ1) is 15.5. The molecule has 2 aromatic carbocycles. The van der Waals surface area contributed by atoms with Crippen molar-refractivity contribution in [3.8, 4) is 17.2 Å². The minimum atomic E-state index is 0.498. The minimum Gasteiger partial charge on any atom is -0.493 e. The van der Waals surface area contributed by atoms with Crippen molar-refractivity contribution in [3.63, 3.8) is 0 Å². The van der Waals surface area contributed by atoms with Gasteiger partial charge in [-0.1, -0.05) is 18.2 Å². The van der Waals surface area contributed by atoms with Crippen LogP contribution < -0.4 is 19.5 Å². The van der Waals surface area contributed by atoms with Crippen molar-refractivity contribution >= 4 is 21.6 Å². The van der Waals surface area contributed by atoms with E-state index in [-0.39, 0.29) is 0 Å². The lowest BCUT2D eigenvalue weighted by Crippen LogP contribution is -2.12. The monoisotopic (exact) mass is 351 g/mol. The van der Waals surface area contributed by atoms with Crippen molar-refractivity contribution in [2.24, 2.45) is 0 Å². The molecular weight excluding hydrogens is 334 g/mol. The second-order valence-electron chi connectivity index (χ2n) is 4.25. The molecule has 0 aliphatic carbocycles. The summed E-state index contributed by atoms with van der Waals surface area (Å²) in [4.78, 5) is 0. The lowest BCUT2D eigenvalue weighted by molar-refractivity contribution is 0.284. The molecule has 112 valence electrons. The number of halogens is 1. The molecule has 0 aromatic heterocycles. The van der Waals surface area contributed by atoms with Gasteiger partial charge in [0.1, 0.15) is 6.61 Å². The third-order valence-electron chi connectivity index (χ3n) is 2.92.